The fraction of sp³-hybridized carbons (Fsp3) is 0.455. The maximum Gasteiger partial charge on any atom is 0.408 e. The molecular weight excluding hydrogens is 402 g/mol. The standard InChI is InChI=1S/C22H29N3O6/c1-22(2,3)31-21(29)25-17(12-13-18(23)26)20(28)24-16-10-7-9-15(14-16)8-5-6-11-19(27)30-4/h7,9-10,14,17H,6,11-13H2,1-4H3,(H2,23,26)(H,24,28)(H,25,29)/t17-/m0/s1. The summed E-state index contributed by atoms with van der Waals surface area (Å²) in [5.41, 5.74) is 5.53. The first-order chi connectivity index (χ1) is 14.5. The van der Waals surface area contributed by atoms with Gasteiger partial charge in [0.15, 0.2) is 0 Å². The minimum absolute atomic E-state index is 0.0213. The van der Waals surface area contributed by atoms with Crippen LogP contribution >= 0.6 is 0 Å². The number of hydrogen-bond donors (Lipinski definition) is 3. The Morgan fingerprint density at radius 3 is 2.48 bits per heavy atom. The molecular formula is C22H29N3O6. The van der Waals surface area contributed by atoms with Crippen LogP contribution in [-0.4, -0.2) is 42.6 Å². The van der Waals surface area contributed by atoms with E-state index in [1.165, 1.54) is 7.11 Å². The molecule has 0 radical (unpaired) electrons. The number of carbonyl (C=O) groups excluding carboxylic acids is 4. The Hall–Kier alpha value is -3.54. The van der Waals surface area contributed by atoms with Crippen molar-refractivity contribution >= 4 is 29.6 Å². The highest BCUT2D eigenvalue weighted by molar-refractivity contribution is 5.97. The monoisotopic (exact) mass is 431 g/mol. The van der Waals surface area contributed by atoms with Gasteiger partial charge >= 0.3 is 12.1 Å². The minimum Gasteiger partial charge on any atom is -0.469 e. The number of hydrogen-bond acceptors (Lipinski definition) is 6. The number of amides is 3. The van der Waals surface area contributed by atoms with Gasteiger partial charge in [0.05, 0.1) is 13.5 Å². The lowest BCUT2D eigenvalue weighted by atomic mass is 10.1. The summed E-state index contributed by atoms with van der Waals surface area (Å²) in [7, 11) is 1.32. The summed E-state index contributed by atoms with van der Waals surface area (Å²) in [5.74, 6) is 4.31. The SMILES string of the molecule is COC(=O)CCC#Cc1cccc(NC(=O)[C@H](CCC(N)=O)NC(=O)OC(C)(C)C)c1. The summed E-state index contributed by atoms with van der Waals surface area (Å²) in [5, 5.41) is 5.16. The van der Waals surface area contributed by atoms with Crippen molar-refractivity contribution in [1.29, 1.82) is 0 Å². The van der Waals surface area contributed by atoms with E-state index < -0.39 is 29.6 Å². The molecule has 0 heterocycles. The quantitative estimate of drug-likeness (QED) is 0.426. The van der Waals surface area contributed by atoms with Crippen molar-refractivity contribution in [3.63, 3.8) is 0 Å². The topological polar surface area (TPSA) is 137 Å². The second-order valence-electron chi connectivity index (χ2n) is 7.65. The Kier molecular flexibility index (Phi) is 10.1. The largest absolute Gasteiger partial charge is 0.469 e. The highest BCUT2D eigenvalue weighted by atomic mass is 16.6. The molecule has 1 rings (SSSR count). The van der Waals surface area contributed by atoms with E-state index in [4.69, 9.17) is 10.5 Å². The van der Waals surface area contributed by atoms with E-state index in [0.717, 1.165) is 0 Å². The van der Waals surface area contributed by atoms with Gasteiger partial charge < -0.3 is 25.8 Å². The van der Waals surface area contributed by atoms with E-state index in [2.05, 4.69) is 27.2 Å². The van der Waals surface area contributed by atoms with Gasteiger partial charge in [-0.3, -0.25) is 14.4 Å². The second kappa shape index (κ2) is 12.2. The van der Waals surface area contributed by atoms with Crippen LogP contribution in [0.4, 0.5) is 10.5 Å². The number of benzene rings is 1. The number of carbonyl (C=O) groups is 4. The highest BCUT2D eigenvalue weighted by Gasteiger charge is 2.25. The van der Waals surface area contributed by atoms with Crippen LogP contribution in [0.3, 0.4) is 0 Å². The Labute approximate surface area is 182 Å². The predicted molar refractivity (Wildman–Crippen MR) is 115 cm³/mol. The Morgan fingerprint density at radius 1 is 1.16 bits per heavy atom. The first kappa shape index (κ1) is 25.5. The number of primary amides is 1. The molecule has 3 amide bonds. The van der Waals surface area contributed by atoms with E-state index >= 15 is 0 Å². The number of alkyl carbamates (subject to hydrolysis) is 1. The zero-order valence-corrected chi connectivity index (χ0v) is 18.2. The third-order valence-electron chi connectivity index (χ3n) is 3.73. The van der Waals surface area contributed by atoms with Gasteiger partial charge in [-0.2, -0.15) is 0 Å². The van der Waals surface area contributed by atoms with Crippen molar-refractivity contribution in [1.82, 2.24) is 5.32 Å². The lowest BCUT2D eigenvalue weighted by Crippen LogP contribution is -2.46. The summed E-state index contributed by atoms with van der Waals surface area (Å²) >= 11 is 0. The first-order valence-corrected chi connectivity index (χ1v) is 9.74. The predicted octanol–water partition coefficient (Wildman–Crippen LogP) is 2.09. The fourth-order valence-electron chi connectivity index (χ4n) is 2.34. The van der Waals surface area contributed by atoms with Crippen LogP contribution < -0.4 is 16.4 Å². The Bertz CT molecular complexity index is 864. The number of anilines is 1. The summed E-state index contributed by atoms with van der Waals surface area (Å²) in [4.78, 5) is 47.0. The molecule has 1 atom stereocenters. The average Bonchev–Trinajstić information content (AvgIpc) is 2.66. The molecule has 0 bridgehead atoms. The number of nitrogens with two attached hydrogens (primary N) is 1. The molecule has 1 aromatic rings. The zero-order valence-electron chi connectivity index (χ0n) is 18.2. The van der Waals surface area contributed by atoms with Crippen molar-refractivity contribution in [3.8, 4) is 11.8 Å². The normalized spacial score (nSPS) is 11.4. The molecule has 0 aliphatic heterocycles. The summed E-state index contributed by atoms with van der Waals surface area (Å²) in [6.07, 6.45) is -0.300. The van der Waals surface area contributed by atoms with Crippen LogP contribution in [0.25, 0.3) is 0 Å². The molecule has 0 spiro atoms. The summed E-state index contributed by atoms with van der Waals surface area (Å²) in [6.45, 7) is 5.09. The van der Waals surface area contributed by atoms with Crippen molar-refractivity contribution in [2.45, 2.75) is 58.1 Å². The third-order valence-corrected chi connectivity index (χ3v) is 3.73. The minimum atomic E-state index is -1.02. The molecule has 1 aromatic carbocycles. The Morgan fingerprint density at radius 2 is 1.87 bits per heavy atom. The lowest BCUT2D eigenvalue weighted by Gasteiger charge is -2.23. The average molecular weight is 431 g/mol. The molecule has 0 aliphatic carbocycles. The molecule has 0 aromatic heterocycles. The number of rotatable bonds is 8. The molecule has 4 N–H and O–H groups in total. The smallest absolute Gasteiger partial charge is 0.408 e. The van der Waals surface area contributed by atoms with Crippen molar-refractivity contribution < 1.29 is 28.7 Å². The zero-order chi connectivity index (χ0) is 23.4. The molecule has 168 valence electrons. The lowest BCUT2D eigenvalue weighted by molar-refractivity contribution is -0.140. The van der Waals surface area contributed by atoms with Crippen LogP contribution in [0.15, 0.2) is 24.3 Å². The van der Waals surface area contributed by atoms with Crippen molar-refractivity contribution in [2.24, 2.45) is 5.73 Å². The second-order valence-corrected chi connectivity index (χ2v) is 7.65. The van der Waals surface area contributed by atoms with Crippen molar-refractivity contribution in [3.05, 3.63) is 29.8 Å². The fourth-order valence-corrected chi connectivity index (χ4v) is 2.34. The van der Waals surface area contributed by atoms with Gasteiger partial charge in [0.25, 0.3) is 0 Å². The molecule has 9 heteroatoms. The van der Waals surface area contributed by atoms with Crippen molar-refractivity contribution in [2.75, 3.05) is 12.4 Å². The van der Waals surface area contributed by atoms with Gasteiger partial charge in [0, 0.05) is 24.1 Å². The molecule has 0 saturated carbocycles. The molecule has 0 saturated heterocycles. The van der Waals surface area contributed by atoms with Crippen LogP contribution in [0, 0.1) is 11.8 Å². The third kappa shape index (κ3) is 11.3. The first-order valence-electron chi connectivity index (χ1n) is 9.74. The van der Waals surface area contributed by atoms with Crippen LogP contribution in [0.5, 0.6) is 0 Å². The van der Waals surface area contributed by atoms with E-state index in [0.29, 0.717) is 17.7 Å². The van der Waals surface area contributed by atoms with Crippen LogP contribution in [0.2, 0.25) is 0 Å². The van der Waals surface area contributed by atoms with Gasteiger partial charge in [-0.15, -0.1) is 0 Å². The van der Waals surface area contributed by atoms with Gasteiger partial charge in [-0.05, 0) is 45.4 Å². The van der Waals surface area contributed by atoms with E-state index in [-0.39, 0.29) is 25.2 Å². The maximum atomic E-state index is 12.7. The van der Waals surface area contributed by atoms with Crippen LogP contribution in [0.1, 0.15) is 52.0 Å². The van der Waals surface area contributed by atoms with E-state index in [1.54, 1.807) is 45.0 Å². The van der Waals surface area contributed by atoms with Crippen LogP contribution in [-0.2, 0) is 23.9 Å². The summed E-state index contributed by atoms with van der Waals surface area (Å²) < 4.78 is 9.73. The van der Waals surface area contributed by atoms with Gasteiger partial charge in [-0.1, -0.05) is 17.9 Å². The highest BCUT2D eigenvalue weighted by Crippen LogP contribution is 2.12. The Balaban J connectivity index is 2.82. The summed E-state index contributed by atoms with van der Waals surface area (Å²) in [6, 6.07) is 5.76. The molecule has 0 unspecified atom stereocenters. The van der Waals surface area contributed by atoms with E-state index in [1.807, 2.05) is 0 Å². The maximum absolute atomic E-state index is 12.7. The molecule has 0 fully saturated rings. The van der Waals surface area contributed by atoms with Gasteiger partial charge in [0.2, 0.25) is 11.8 Å². The molecule has 31 heavy (non-hydrogen) atoms. The number of ether oxygens (including phenoxy) is 2. The van der Waals surface area contributed by atoms with Gasteiger partial charge in [0.1, 0.15) is 11.6 Å². The molecule has 9 nitrogen and oxygen atoms in total. The van der Waals surface area contributed by atoms with Gasteiger partial charge in [-0.25, -0.2) is 4.79 Å². The number of nitrogens with one attached hydrogen (secondary N) is 2. The molecule has 0 aliphatic rings. The van der Waals surface area contributed by atoms with E-state index in [9.17, 15) is 19.2 Å². The number of esters is 1. The number of methoxy groups -OCH3 is 1.